The van der Waals surface area contributed by atoms with E-state index in [2.05, 4.69) is 4.98 Å². The highest BCUT2D eigenvalue weighted by Crippen LogP contribution is 2.22. The molecule has 0 saturated carbocycles. The van der Waals surface area contributed by atoms with Crippen LogP contribution in [0, 0.1) is 16.1 Å². The number of H-pyrrole nitrogens is 1. The van der Waals surface area contributed by atoms with E-state index in [1.165, 1.54) is 22.0 Å². The van der Waals surface area contributed by atoms with Crippen molar-refractivity contribution in [1.29, 1.82) is 5.26 Å². The van der Waals surface area contributed by atoms with Crippen molar-refractivity contribution >= 4 is 45.4 Å². The van der Waals surface area contributed by atoms with Gasteiger partial charge in [0.25, 0.3) is 5.56 Å². The number of halogens is 1. The molecule has 0 bridgehead atoms. The third kappa shape index (κ3) is 1.96. The van der Waals surface area contributed by atoms with Crippen molar-refractivity contribution in [3.63, 3.8) is 0 Å². The topological polar surface area (TPSA) is 61.6 Å². The number of nitriles is 1. The summed E-state index contributed by atoms with van der Waals surface area (Å²) >= 11 is 12.7. The van der Waals surface area contributed by atoms with Crippen LogP contribution in [-0.4, -0.2) is 9.55 Å². The van der Waals surface area contributed by atoms with Gasteiger partial charge in [-0.1, -0.05) is 11.6 Å². The van der Waals surface area contributed by atoms with Crippen molar-refractivity contribution in [2.75, 3.05) is 0 Å². The SMILES string of the molecule is N#Cc1ccc(-n2c(=S)[nH]c3ccsc3c2=O)c(Cl)c1. The summed E-state index contributed by atoms with van der Waals surface area (Å²) in [6, 6.07) is 8.53. The number of nitrogens with zero attached hydrogens (tertiary/aromatic N) is 2. The van der Waals surface area contributed by atoms with Gasteiger partial charge in [-0.15, -0.1) is 11.3 Å². The number of thiophene rings is 1. The molecule has 4 nitrogen and oxygen atoms in total. The largest absolute Gasteiger partial charge is 0.331 e. The summed E-state index contributed by atoms with van der Waals surface area (Å²) < 4.78 is 2.20. The fraction of sp³-hybridized carbons (Fsp3) is 0. The van der Waals surface area contributed by atoms with E-state index in [0.717, 1.165) is 0 Å². The molecule has 98 valence electrons. The zero-order valence-corrected chi connectivity index (χ0v) is 12.3. The second kappa shape index (κ2) is 4.87. The molecule has 0 aliphatic heterocycles. The highest BCUT2D eigenvalue weighted by atomic mass is 35.5. The van der Waals surface area contributed by atoms with Crippen molar-refractivity contribution < 1.29 is 0 Å². The number of aromatic amines is 1. The third-order valence-electron chi connectivity index (χ3n) is 2.82. The molecular formula is C13H6ClN3OS2. The lowest BCUT2D eigenvalue weighted by Gasteiger charge is -2.08. The Morgan fingerprint density at radius 1 is 1.40 bits per heavy atom. The van der Waals surface area contributed by atoms with Gasteiger partial charge in [0.05, 0.1) is 27.9 Å². The van der Waals surface area contributed by atoms with Crippen LogP contribution in [0.25, 0.3) is 15.9 Å². The van der Waals surface area contributed by atoms with E-state index in [1.54, 1.807) is 12.1 Å². The van der Waals surface area contributed by atoms with E-state index in [0.29, 0.717) is 26.5 Å². The Kier molecular flexibility index (Phi) is 3.18. The monoisotopic (exact) mass is 319 g/mol. The molecule has 2 aromatic heterocycles. The normalized spacial score (nSPS) is 10.6. The molecule has 3 rings (SSSR count). The number of fused-ring (bicyclic) bond motifs is 1. The molecule has 0 aliphatic carbocycles. The second-order valence-electron chi connectivity index (χ2n) is 4.01. The van der Waals surface area contributed by atoms with Crippen molar-refractivity contribution in [3.8, 4) is 11.8 Å². The van der Waals surface area contributed by atoms with Gasteiger partial charge in [0.15, 0.2) is 4.77 Å². The molecule has 7 heteroatoms. The Labute approximate surface area is 127 Å². The third-order valence-corrected chi connectivity index (χ3v) is 4.31. The summed E-state index contributed by atoms with van der Waals surface area (Å²) in [7, 11) is 0. The first-order valence-electron chi connectivity index (χ1n) is 5.54. The number of hydrogen-bond donors (Lipinski definition) is 1. The maximum absolute atomic E-state index is 12.5. The molecule has 0 aliphatic rings. The summed E-state index contributed by atoms with van der Waals surface area (Å²) in [5, 5.41) is 11.0. The van der Waals surface area contributed by atoms with Crippen molar-refractivity contribution in [2.45, 2.75) is 0 Å². The van der Waals surface area contributed by atoms with Crippen LogP contribution < -0.4 is 5.56 Å². The average molecular weight is 320 g/mol. The molecule has 0 fully saturated rings. The van der Waals surface area contributed by atoms with Crippen LogP contribution in [0.15, 0.2) is 34.4 Å². The average Bonchev–Trinajstić information content (AvgIpc) is 2.88. The molecule has 0 amide bonds. The van der Waals surface area contributed by atoms with Gasteiger partial charge >= 0.3 is 0 Å². The first kappa shape index (κ1) is 13.1. The summed E-state index contributed by atoms with van der Waals surface area (Å²) in [5.41, 5.74) is 1.39. The zero-order chi connectivity index (χ0) is 14.3. The van der Waals surface area contributed by atoms with Crippen LogP contribution >= 0.6 is 35.2 Å². The Hall–Kier alpha value is -1.94. The lowest BCUT2D eigenvalue weighted by Crippen LogP contribution is -2.19. The quantitative estimate of drug-likeness (QED) is 0.697. The molecule has 0 saturated heterocycles. The molecule has 0 unspecified atom stereocenters. The minimum atomic E-state index is -0.217. The molecule has 20 heavy (non-hydrogen) atoms. The number of rotatable bonds is 1. The molecule has 0 spiro atoms. The van der Waals surface area contributed by atoms with Gasteiger partial charge in [-0.3, -0.25) is 9.36 Å². The van der Waals surface area contributed by atoms with Gasteiger partial charge in [0, 0.05) is 0 Å². The zero-order valence-electron chi connectivity index (χ0n) is 9.88. The number of aromatic nitrogens is 2. The maximum atomic E-state index is 12.5. The van der Waals surface area contributed by atoms with Gasteiger partial charge in [-0.25, -0.2) is 0 Å². The van der Waals surface area contributed by atoms with E-state index in [1.807, 2.05) is 17.5 Å². The Morgan fingerprint density at radius 2 is 2.20 bits per heavy atom. The Balaban J connectivity index is 2.38. The van der Waals surface area contributed by atoms with Gasteiger partial charge in [-0.2, -0.15) is 5.26 Å². The van der Waals surface area contributed by atoms with E-state index in [4.69, 9.17) is 29.1 Å². The Morgan fingerprint density at radius 3 is 2.90 bits per heavy atom. The van der Waals surface area contributed by atoms with E-state index in [9.17, 15) is 4.79 Å². The van der Waals surface area contributed by atoms with Crippen LogP contribution in [0.5, 0.6) is 0 Å². The first-order valence-corrected chi connectivity index (χ1v) is 7.21. The summed E-state index contributed by atoms with van der Waals surface area (Å²) in [6.07, 6.45) is 0. The van der Waals surface area contributed by atoms with E-state index in [-0.39, 0.29) is 10.3 Å². The van der Waals surface area contributed by atoms with Gasteiger partial charge < -0.3 is 4.98 Å². The summed E-state index contributed by atoms with van der Waals surface area (Å²) in [5.74, 6) is 0. The second-order valence-corrected chi connectivity index (χ2v) is 5.72. The highest BCUT2D eigenvalue weighted by Gasteiger charge is 2.11. The van der Waals surface area contributed by atoms with Crippen LogP contribution in [0.1, 0.15) is 5.56 Å². The maximum Gasteiger partial charge on any atom is 0.276 e. The van der Waals surface area contributed by atoms with Crippen LogP contribution in [0.2, 0.25) is 5.02 Å². The minimum Gasteiger partial charge on any atom is -0.331 e. The highest BCUT2D eigenvalue weighted by molar-refractivity contribution is 7.71. The van der Waals surface area contributed by atoms with Crippen molar-refractivity contribution in [2.24, 2.45) is 0 Å². The van der Waals surface area contributed by atoms with Gasteiger partial charge in [0.1, 0.15) is 4.70 Å². The van der Waals surface area contributed by atoms with Crippen LogP contribution in [0.4, 0.5) is 0 Å². The fourth-order valence-corrected chi connectivity index (χ4v) is 3.25. The Bertz CT molecular complexity index is 978. The molecule has 3 aromatic rings. The molecular weight excluding hydrogens is 314 g/mol. The fourth-order valence-electron chi connectivity index (χ4n) is 1.91. The lowest BCUT2D eigenvalue weighted by atomic mass is 10.2. The van der Waals surface area contributed by atoms with Crippen LogP contribution in [0.3, 0.4) is 0 Å². The molecule has 2 heterocycles. The summed E-state index contributed by atoms with van der Waals surface area (Å²) in [6.45, 7) is 0. The van der Waals surface area contributed by atoms with Crippen molar-refractivity contribution in [3.05, 3.63) is 55.4 Å². The summed E-state index contributed by atoms with van der Waals surface area (Å²) in [4.78, 5) is 15.5. The predicted molar refractivity (Wildman–Crippen MR) is 82.3 cm³/mol. The van der Waals surface area contributed by atoms with E-state index < -0.39 is 0 Å². The van der Waals surface area contributed by atoms with E-state index >= 15 is 0 Å². The van der Waals surface area contributed by atoms with Gasteiger partial charge in [0.2, 0.25) is 0 Å². The van der Waals surface area contributed by atoms with Gasteiger partial charge in [-0.05, 0) is 41.9 Å². The number of nitrogens with one attached hydrogen (secondary N) is 1. The first-order chi connectivity index (χ1) is 9.61. The number of benzene rings is 1. The molecule has 1 N–H and O–H groups in total. The molecule has 1 aromatic carbocycles. The molecule has 0 radical (unpaired) electrons. The standard InChI is InChI=1S/C13H6ClN3OS2/c14-8-5-7(6-15)1-2-10(8)17-12(18)11-9(3-4-20-11)16-13(17)19/h1-5H,(H,16,19). The lowest BCUT2D eigenvalue weighted by molar-refractivity contribution is 0.943. The van der Waals surface area contributed by atoms with Crippen LogP contribution in [-0.2, 0) is 0 Å². The molecule has 0 atom stereocenters. The smallest absolute Gasteiger partial charge is 0.276 e. The van der Waals surface area contributed by atoms with Crippen molar-refractivity contribution in [1.82, 2.24) is 9.55 Å². The predicted octanol–water partition coefficient (Wildman–Crippen LogP) is 3.63. The number of hydrogen-bond acceptors (Lipinski definition) is 4. The minimum absolute atomic E-state index is 0.217.